The minimum atomic E-state index is -1.21. The molecule has 2 fully saturated rings. The average Bonchev–Trinajstić information content (AvgIpc) is 2.52. The van der Waals surface area contributed by atoms with Crippen molar-refractivity contribution in [2.75, 3.05) is 25.4 Å². The number of carboxylic acids is 1. The van der Waals surface area contributed by atoms with Crippen LogP contribution in [-0.2, 0) is 19.1 Å². The first-order valence-electron chi connectivity index (χ1n) is 7.93. The largest absolute Gasteiger partial charge is 0.481 e. The Balaban J connectivity index is 1.92. The van der Waals surface area contributed by atoms with Gasteiger partial charge in [-0.15, -0.1) is 11.8 Å². The van der Waals surface area contributed by atoms with E-state index in [4.69, 9.17) is 4.74 Å². The number of β-lactam (4-membered cyclic amide) rings is 1. The minimum absolute atomic E-state index is 0.0195. The first-order valence-corrected chi connectivity index (χ1v) is 8.98. The summed E-state index contributed by atoms with van der Waals surface area (Å²) in [6, 6.07) is -0.225. The molecule has 2 heterocycles. The molecule has 130 valence electrons. The molecule has 1 amide bonds. The van der Waals surface area contributed by atoms with Gasteiger partial charge in [0, 0.05) is 19.2 Å². The summed E-state index contributed by atoms with van der Waals surface area (Å²) in [5, 5.41) is 12.8. The van der Waals surface area contributed by atoms with E-state index in [2.05, 4.69) is 12.2 Å². The molecular formula is C15H24N2O5S. The molecule has 0 aromatic carbocycles. The Bertz CT molecular complexity index is 486. The van der Waals surface area contributed by atoms with Crippen LogP contribution in [0.4, 0.5) is 0 Å². The molecule has 2 N–H and O–H groups in total. The van der Waals surface area contributed by atoms with E-state index in [1.165, 1.54) is 18.7 Å². The number of thioether (sulfide) groups is 1. The number of aliphatic carboxylic acids is 1. The zero-order valence-electron chi connectivity index (χ0n) is 13.5. The lowest BCUT2D eigenvalue weighted by Gasteiger charge is -2.53. The Morgan fingerprint density at radius 2 is 2.22 bits per heavy atom. The van der Waals surface area contributed by atoms with Gasteiger partial charge in [0.25, 0.3) is 0 Å². The van der Waals surface area contributed by atoms with Gasteiger partial charge < -0.3 is 20.1 Å². The topological polar surface area (TPSA) is 95.9 Å². The van der Waals surface area contributed by atoms with Crippen LogP contribution < -0.4 is 5.32 Å². The number of esters is 1. The maximum atomic E-state index is 12.3. The van der Waals surface area contributed by atoms with Crippen LogP contribution in [0.1, 0.15) is 33.1 Å². The van der Waals surface area contributed by atoms with Gasteiger partial charge in [0.15, 0.2) is 0 Å². The quantitative estimate of drug-likeness (QED) is 0.380. The first-order chi connectivity index (χ1) is 10.9. The number of fused-ring (bicyclic) bond motifs is 1. The molecule has 0 aromatic rings. The van der Waals surface area contributed by atoms with Crippen LogP contribution in [0.15, 0.2) is 0 Å². The summed E-state index contributed by atoms with van der Waals surface area (Å²) in [5.41, 5.74) is -1.21. The van der Waals surface area contributed by atoms with Gasteiger partial charge in [0.2, 0.25) is 5.91 Å². The van der Waals surface area contributed by atoms with Crippen LogP contribution in [0.2, 0.25) is 0 Å². The standard InChI is InChI=1S/C15H24N2O5S/c1-3-4-5-6-16-11-12(19)17-7-15(14(20)21,8-22-10(2)18)9-23-13(11)17/h11,13,16H,3-9H2,1-2H3,(H,20,21)/t11?,13-,15?/m1/s1. The Hall–Kier alpha value is -1.28. The normalized spacial score (nSPS) is 29.7. The maximum Gasteiger partial charge on any atom is 0.315 e. The first kappa shape index (κ1) is 18.1. The van der Waals surface area contributed by atoms with E-state index in [1.807, 2.05) is 0 Å². The van der Waals surface area contributed by atoms with Crippen molar-refractivity contribution in [3.8, 4) is 0 Å². The predicted molar refractivity (Wildman–Crippen MR) is 86.0 cm³/mol. The number of nitrogens with zero attached hydrogens (tertiary/aromatic N) is 1. The average molecular weight is 344 g/mol. The van der Waals surface area contributed by atoms with Crippen molar-refractivity contribution in [3.05, 3.63) is 0 Å². The van der Waals surface area contributed by atoms with E-state index in [0.717, 1.165) is 25.8 Å². The zero-order valence-corrected chi connectivity index (χ0v) is 14.4. The summed E-state index contributed by atoms with van der Waals surface area (Å²) >= 11 is 1.45. The fraction of sp³-hybridized carbons (Fsp3) is 0.800. The molecule has 0 spiro atoms. The van der Waals surface area contributed by atoms with Crippen molar-refractivity contribution in [1.29, 1.82) is 0 Å². The van der Waals surface area contributed by atoms with Gasteiger partial charge in [-0.05, 0) is 13.0 Å². The molecule has 0 radical (unpaired) electrons. The van der Waals surface area contributed by atoms with Gasteiger partial charge in [-0.2, -0.15) is 0 Å². The molecule has 3 atom stereocenters. The van der Waals surface area contributed by atoms with Gasteiger partial charge >= 0.3 is 11.9 Å². The molecule has 2 rings (SSSR count). The van der Waals surface area contributed by atoms with Crippen LogP contribution in [-0.4, -0.2) is 64.7 Å². The Kier molecular flexibility index (Phi) is 5.91. The molecule has 2 saturated heterocycles. The number of amides is 1. The summed E-state index contributed by atoms with van der Waals surface area (Å²) in [5.74, 6) is -1.27. The second-order valence-corrected chi connectivity index (χ2v) is 7.28. The van der Waals surface area contributed by atoms with Gasteiger partial charge in [-0.1, -0.05) is 19.8 Å². The maximum absolute atomic E-state index is 12.3. The number of hydrogen-bond donors (Lipinski definition) is 2. The Morgan fingerprint density at radius 1 is 1.48 bits per heavy atom. The number of carbonyl (C=O) groups is 3. The van der Waals surface area contributed by atoms with Crippen molar-refractivity contribution in [2.24, 2.45) is 5.41 Å². The van der Waals surface area contributed by atoms with Crippen molar-refractivity contribution in [2.45, 2.75) is 44.5 Å². The number of nitrogens with one attached hydrogen (secondary N) is 1. The third-order valence-corrected chi connectivity index (χ3v) is 5.88. The summed E-state index contributed by atoms with van der Waals surface area (Å²) in [4.78, 5) is 36.5. The summed E-state index contributed by atoms with van der Waals surface area (Å²) in [6.07, 6.45) is 3.28. The molecule has 0 bridgehead atoms. The fourth-order valence-corrected chi connectivity index (χ4v) is 4.38. The molecule has 2 aliphatic rings. The van der Waals surface area contributed by atoms with E-state index in [0.29, 0.717) is 5.75 Å². The second-order valence-electron chi connectivity index (χ2n) is 6.17. The smallest absolute Gasteiger partial charge is 0.315 e. The van der Waals surface area contributed by atoms with Gasteiger partial charge in [-0.25, -0.2) is 0 Å². The monoisotopic (exact) mass is 344 g/mol. The minimum Gasteiger partial charge on any atom is -0.481 e. The van der Waals surface area contributed by atoms with Crippen LogP contribution in [0.3, 0.4) is 0 Å². The van der Waals surface area contributed by atoms with E-state index in [9.17, 15) is 19.5 Å². The molecule has 0 aromatic heterocycles. The number of ether oxygens (including phenoxy) is 1. The Labute approximate surface area is 140 Å². The van der Waals surface area contributed by atoms with E-state index >= 15 is 0 Å². The molecule has 7 nitrogen and oxygen atoms in total. The predicted octanol–water partition coefficient (Wildman–Crippen LogP) is 0.684. The molecule has 2 aliphatic heterocycles. The number of unbranched alkanes of at least 4 members (excludes halogenated alkanes) is 2. The van der Waals surface area contributed by atoms with Crippen LogP contribution >= 0.6 is 11.8 Å². The lowest BCUT2D eigenvalue weighted by atomic mass is 9.88. The van der Waals surface area contributed by atoms with Crippen molar-refractivity contribution in [3.63, 3.8) is 0 Å². The molecule has 8 heteroatoms. The van der Waals surface area contributed by atoms with Crippen LogP contribution in [0.25, 0.3) is 0 Å². The lowest BCUT2D eigenvalue weighted by Crippen LogP contribution is -2.73. The van der Waals surface area contributed by atoms with Gasteiger partial charge in [0.05, 0.1) is 0 Å². The molecular weight excluding hydrogens is 320 g/mol. The third-order valence-electron chi connectivity index (χ3n) is 4.29. The lowest BCUT2D eigenvalue weighted by molar-refractivity contribution is -0.164. The number of carbonyl (C=O) groups excluding carboxylic acids is 2. The van der Waals surface area contributed by atoms with E-state index < -0.39 is 17.4 Å². The zero-order chi connectivity index (χ0) is 17.0. The van der Waals surface area contributed by atoms with Crippen LogP contribution in [0.5, 0.6) is 0 Å². The highest BCUT2D eigenvalue weighted by atomic mass is 32.2. The van der Waals surface area contributed by atoms with Gasteiger partial charge in [0.1, 0.15) is 23.4 Å². The SMILES string of the molecule is CCCCCNC1C(=O)N2CC(COC(C)=O)(C(=O)O)CS[C@H]12. The number of carboxylic acid groups (broad SMARTS) is 1. The van der Waals surface area contributed by atoms with E-state index in [1.54, 1.807) is 4.90 Å². The molecule has 2 unspecified atom stereocenters. The Morgan fingerprint density at radius 3 is 2.83 bits per heavy atom. The highest BCUT2D eigenvalue weighted by molar-refractivity contribution is 8.00. The van der Waals surface area contributed by atoms with Crippen LogP contribution in [0, 0.1) is 5.41 Å². The summed E-state index contributed by atoms with van der Waals surface area (Å²) in [7, 11) is 0. The van der Waals surface area contributed by atoms with E-state index in [-0.39, 0.29) is 30.5 Å². The highest BCUT2D eigenvalue weighted by Gasteiger charge is 2.57. The number of rotatable bonds is 8. The summed E-state index contributed by atoms with van der Waals surface area (Å²) in [6.45, 7) is 4.07. The van der Waals surface area contributed by atoms with Gasteiger partial charge in [-0.3, -0.25) is 14.4 Å². The fourth-order valence-electron chi connectivity index (χ4n) is 2.83. The highest BCUT2D eigenvalue weighted by Crippen LogP contribution is 2.42. The molecule has 23 heavy (non-hydrogen) atoms. The second kappa shape index (κ2) is 7.53. The molecule has 0 aliphatic carbocycles. The summed E-state index contributed by atoms with van der Waals surface area (Å²) < 4.78 is 4.92. The molecule has 0 saturated carbocycles. The van der Waals surface area contributed by atoms with Crippen molar-refractivity contribution < 1.29 is 24.2 Å². The van der Waals surface area contributed by atoms with Crippen molar-refractivity contribution >= 4 is 29.6 Å². The third kappa shape index (κ3) is 3.80. The van der Waals surface area contributed by atoms with Crippen molar-refractivity contribution in [1.82, 2.24) is 10.2 Å². The number of hydrogen-bond acceptors (Lipinski definition) is 6.